The molecule has 0 N–H and O–H groups in total. The van der Waals surface area contributed by atoms with Gasteiger partial charge in [0.15, 0.2) is 0 Å². The van der Waals surface area contributed by atoms with Gasteiger partial charge in [0, 0.05) is 0 Å². The van der Waals surface area contributed by atoms with Crippen molar-refractivity contribution >= 4 is 0 Å². The van der Waals surface area contributed by atoms with Crippen molar-refractivity contribution < 1.29 is 19.2 Å². The number of hydrogen-bond donors (Lipinski definition) is 0. The third-order valence-electron chi connectivity index (χ3n) is 2.63. The van der Waals surface area contributed by atoms with Gasteiger partial charge in [-0.2, -0.15) is 0 Å². The second kappa shape index (κ2) is 3.81. The van der Waals surface area contributed by atoms with E-state index in [0.29, 0.717) is 0 Å². The van der Waals surface area contributed by atoms with Crippen LogP contribution in [0.4, 0.5) is 0 Å². The van der Waals surface area contributed by atoms with Crippen LogP contribution < -0.4 is 0 Å². The van der Waals surface area contributed by atoms with Crippen molar-refractivity contribution in [1.29, 1.82) is 0 Å². The van der Waals surface area contributed by atoms with Gasteiger partial charge in [0.1, 0.15) is 0 Å². The molecule has 0 spiro atoms. The van der Waals surface area contributed by atoms with Gasteiger partial charge in [-0.05, 0) is 0 Å². The predicted octanol–water partition coefficient (Wildman–Crippen LogP) is 3.54. The van der Waals surface area contributed by atoms with Crippen LogP contribution in [0.1, 0.15) is 26.7 Å². The van der Waals surface area contributed by atoms with Crippen LogP contribution in [0.25, 0.3) is 0 Å². The van der Waals surface area contributed by atoms with Crippen LogP contribution in [0.15, 0.2) is 43.2 Å². The molecule has 0 aromatic heterocycles. The van der Waals surface area contributed by atoms with Crippen molar-refractivity contribution in [3.8, 4) is 0 Å². The van der Waals surface area contributed by atoms with E-state index in [4.69, 9.17) is 0 Å². The molecule has 0 aromatic carbocycles. The molecule has 0 nitrogen and oxygen atoms in total. The molecule has 13 heavy (non-hydrogen) atoms. The molecule has 2 aliphatic rings. The number of rotatable bonds is 2. The summed E-state index contributed by atoms with van der Waals surface area (Å²) in [4.78, 5) is 0. The zero-order chi connectivity index (χ0) is 9.26. The van der Waals surface area contributed by atoms with E-state index in [-0.39, 0.29) is 19.2 Å². The maximum absolute atomic E-state index is 2.30. The Morgan fingerprint density at radius 1 is 0.923 bits per heavy atom. The summed E-state index contributed by atoms with van der Waals surface area (Å²) in [5, 5.41) is 0. The van der Waals surface area contributed by atoms with Crippen LogP contribution in [0, 0.1) is 0 Å². The molecule has 66 valence electrons. The molecule has 0 amide bonds. The van der Waals surface area contributed by atoms with E-state index in [9.17, 15) is 0 Å². The molecule has 2 aliphatic carbocycles. The summed E-state index contributed by atoms with van der Waals surface area (Å²) in [6.45, 7) is 4.50. The first-order chi connectivity index (χ1) is 6.27. The molecule has 0 unspecified atom stereocenters. The summed E-state index contributed by atoms with van der Waals surface area (Å²) >= 11 is 0.0324. The minimum absolute atomic E-state index is 0.0324. The van der Waals surface area contributed by atoms with Crippen molar-refractivity contribution in [2.24, 2.45) is 0 Å². The molecule has 0 saturated carbocycles. The van der Waals surface area contributed by atoms with Gasteiger partial charge < -0.3 is 0 Å². The summed E-state index contributed by atoms with van der Waals surface area (Å²) in [7, 11) is 0. The Labute approximate surface area is 89.0 Å². The predicted molar refractivity (Wildman–Crippen MR) is 52.9 cm³/mol. The molecular weight excluding hydrogens is 192 g/mol. The SMILES string of the molecule is CC1=[C]([Ti][C]2=C(C)C=CC2)CC=C1. The van der Waals surface area contributed by atoms with Crippen LogP contribution >= 0.6 is 0 Å². The van der Waals surface area contributed by atoms with Crippen LogP contribution in [0.5, 0.6) is 0 Å². The quantitative estimate of drug-likeness (QED) is 0.606. The number of allylic oxidation sites excluding steroid dienone is 8. The van der Waals surface area contributed by atoms with E-state index >= 15 is 0 Å². The van der Waals surface area contributed by atoms with E-state index in [2.05, 4.69) is 38.2 Å². The summed E-state index contributed by atoms with van der Waals surface area (Å²) in [6, 6.07) is 0. The molecule has 0 radical (unpaired) electrons. The van der Waals surface area contributed by atoms with E-state index < -0.39 is 0 Å². The van der Waals surface area contributed by atoms with Gasteiger partial charge in [-0.15, -0.1) is 0 Å². The Hall–Kier alpha value is -0.326. The van der Waals surface area contributed by atoms with Crippen molar-refractivity contribution in [1.82, 2.24) is 0 Å². The topological polar surface area (TPSA) is 0 Å². The fraction of sp³-hybridized carbons (Fsp3) is 0.333. The zero-order valence-corrected chi connectivity index (χ0v) is 9.79. The summed E-state index contributed by atoms with van der Waals surface area (Å²) in [5.41, 5.74) is 3.07. The first-order valence-electron chi connectivity index (χ1n) is 4.77. The van der Waals surface area contributed by atoms with Gasteiger partial charge in [-0.1, -0.05) is 0 Å². The molecular formula is C12H14Ti. The Morgan fingerprint density at radius 3 is 1.69 bits per heavy atom. The molecule has 0 aromatic rings. The number of hydrogen-bond acceptors (Lipinski definition) is 0. The summed E-state index contributed by atoms with van der Waals surface area (Å²) in [5.74, 6) is 0. The Balaban J connectivity index is 2.08. The first kappa shape index (κ1) is 9.24. The van der Waals surface area contributed by atoms with Crippen LogP contribution in [0.3, 0.4) is 0 Å². The van der Waals surface area contributed by atoms with E-state index in [1.54, 1.807) is 7.76 Å². The first-order valence-corrected chi connectivity index (χ1v) is 6.33. The van der Waals surface area contributed by atoms with Crippen molar-refractivity contribution in [2.45, 2.75) is 26.7 Å². The molecule has 0 saturated heterocycles. The maximum atomic E-state index is 2.30. The normalized spacial score (nSPS) is 20.8. The van der Waals surface area contributed by atoms with Gasteiger partial charge in [0.2, 0.25) is 0 Å². The molecule has 0 atom stereocenters. The van der Waals surface area contributed by atoms with Gasteiger partial charge in [0.05, 0.1) is 0 Å². The second-order valence-corrected chi connectivity index (χ2v) is 5.94. The second-order valence-electron chi connectivity index (χ2n) is 3.66. The van der Waals surface area contributed by atoms with Gasteiger partial charge >= 0.3 is 89.0 Å². The molecule has 0 aliphatic heterocycles. The van der Waals surface area contributed by atoms with Crippen LogP contribution in [-0.2, 0) is 19.2 Å². The van der Waals surface area contributed by atoms with E-state index in [1.807, 2.05) is 0 Å². The standard InChI is InChI=1S/2C6H7.Ti/c2*1-6-4-2-3-5-6;/h2*2,4H,3H2,1H3;. The molecule has 1 heteroatoms. The fourth-order valence-electron chi connectivity index (χ4n) is 1.71. The monoisotopic (exact) mass is 206 g/mol. The van der Waals surface area contributed by atoms with Crippen molar-refractivity contribution in [2.75, 3.05) is 0 Å². The van der Waals surface area contributed by atoms with Gasteiger partial charge in [-0.25, -0.2) is 0 Å². The third kappa shape index (κ3) is 1.95. The van der Waals surface area contributed by atoms with Crippen molar-refractivity contribution in [3.63, 3.8) is 0 Å². The molecule has 2 rings (SSSR count). The van der Waals surface area contributed by atoms with E-state index in [1.165, 1.54) is 24.0 Å². The average molecular weight is 206 g/mol. The Bertz CT molecular complexity index is 306. The molecule has 0 bridgehead atoms. The van der Waals surface area contributed by atoms with Crippen molar-refractivity contribution in [3.05, 3.63) is 43.2 Å². The Kier molecular flexibility index (Phi) is 2.71. The average Bonchev–Trinajstić information content (AvgIpc) is 2.65. The van der Waals surface area contributed by atoms with Crippen LogP contribution in [0.2, 0.25) is 0 Å². The van der Waals surface area contributed by atoms with Gasteiger partial charge in [-0.3, -0.25) is 0 Å². The summed E-state index contributed by atoms with van der Waals surface area (Å²) < 4.78 is 3.47. The van der Waals surface area contributed by atoms with Gasteiger partial charge in [0.25, 0.3) is 0 Å². The van der Waals surface area contributed by atoms with E-state index in [0.717, 1.165) is 0 Å². The zero-order valence-electron chi connectivity index (χ0n) is 8.22. The fourth-order valence-corrected chi connectivity index (χ4v) is 3.84. The summed E-state index contributed by atoms with van der Waals surface area (Å²) in [6.07, 6.45) is 11.6. The molecule has 0 fully saturated rings. The Morgan fingerprint density at radius 2 is 1.38 bits per heavy atom. The third-order valence-corrected chi connectivity index (χ3v) is 5.44. The molecule has 0 heterocycles. The minimum atomic E-state index is 0.0324. The van der Waals surface area contributed by atoms with Crippen LogP contribution in [-0.4, -0.2) is 0 Å².